The molecule has 96 valence electrons. The predicted octanol–water partition coefficient (Wildman–Crippen LogP) is -0.918. The first-order valence-corrected chi connectivity index (χ1v) is 7.53. The molecule has 1 rings (SSSR count). The average molecular weight is 274 g/mol. The van der Waals surface area contributed by atoms with E-state index in [-0.39, 0.29) is 0 Å². The lowest BCUT2D eigenvalue weighted by Crippen LogP contribution is -2.43. The second-order valence-corrected chi connectivity index (χ2v) is 6.11. The van der Waals surface area contributed by atoms with Gasteiger partial charge in [-0.2, -0.15) is 26.3 Å². The van der Waals surface area contributed by atoms with E-state index >= 15 is 0 Å². The van der Waals surface area contributed by atoms with E-state index in [1.807, 2.05) is 9.44 Å². The van der Waals surface area contributed by atoms with Gasteiger partial charge < -0.3 is 0 Å². The van der Waals surface area contributed by atoms with E-state index in [0.717, 1.165) is 0 Å². The molecule has 0 aromatic carbocycles. The first-order valence-electron chi connectivity index (χ1n) is 4.65. The van der Waals surface area contributed by atoms with Crippen molar-refractivity contribution < 1.29 is 25.9 Å². The van der Waals surface area contributed by atoms with Crippen LogP contribution in [0.5, 0.6) is 0 Å². The Kier molecular flexibility index (Phi) is 4.26. The van der Waals surface area contributed by atoms with Crippen molar-refractivity contribution in [3.8, 4) is 0 Å². The highest BCUT2D eigenvalue weighted by atomic mass is 32.2. The molecule has 0 radical (unpaired) electrons. The van der Waals surface area contributed by atoms with Crippen molar-refractivity contribution in [1.82, 2.24) is 9.44 Å². The number of hydrogen-bond donors (Lipinski definition) is 4. The molecular weight excluding hydrogens is 260 g/mol. The molecule has 1 aliphatic carbocycles. The molecule has 0 unspecified atom stereocenters. The normalized spacial score (nSPS) is 27.9. The summed E-state index contributed by atoms with van der Waals surface area (Å²) >= 11 is 0. The zero-order valence-electron chi connectivity index (χ0n) is 8.33. The standard InChI is InChI=1S/C6H14N2O6S2/c9-15(10,11)7-5-1-2-6(4-3-5)8-16(12,13)14/h5-8H,1-4H2,(H,9,10,11)(H,12,13,14). The third-order valence-corrected chi connectivity index (χ3v) is 3.62. The largest absolute Gasteiger partial charge is 0.333 e. The van der Waals surface area contributed by atoms with Crippen LogP contribution >= 0.6 is 0 Å². The first kappa shape index (κ1) is 13.8. The summed E-state index contributed by atoms with van der Waals surface area (Å²) < 4.78 is 63.1. The summed E-state index contributed by atoms with van der Waals surface area (Å²) in [5.41, 5.74) is 0. The molecule has 4 N–H and O–H groups in total. The highest BCUT2D eigenvalue weighted by Crippen LogP contribution is 2.19. The van der Waals surface area contributed by atoms with Crippen molar-refractivity contribution in [2.75, 3.05) is 0 Å². The van der Waals surface area contributed by atoms with Crippen LogP contribution in [0.1, 0.15) is 25.7 Å². The maximum Gasteiger partial charge on any atom is 0.333 e. The molecule has 16 heavy (non-hydrogen) atoms. The summed E-state index contributed by atoms with van der Waals surface area (Å²) in [6.45, 7) is 0. The SMILES string of the molecule is O=S(=O)(O)NC1CCC(NS(=O)(=O)O)CC1. The molecule has 1 aliphatic rings. The third kappa shape index (κ3) is 5.72. The van der Waals surface area contributed by atoms with Gasteiger partial charge in [0.05, 0.1) is 0 Å². The van der Waals surface area contributed by atoms with Crippen LogP contribution in [0.15, 0.2) is 0 Å². The Morgan fingerprint density at radius 1 is 0.750 bits per heavy atom. The Balaban J connectivity index is 2.40. The molecule has 0 spiro atoms. The van der Waals surface area contributed by atoms with E-state index < -0.39 is 32.7 Å². The predicted molar refractivity (Wildman–Crippen MR) is 55.4 cm³/mol. The Bertz CT molecular complexity index is 380. The highest BCUT2D eigenvalue weighted by molar-refractivity contribution is 7.84. The van der Waals surface area contributed by atoms with Crippen molar-refractivity contribution in [2.24, 2.45) is 0 Å². The van der Waals surface area contributed by atoms with Crippen molar-refractivity contribution in [3.63, 3.8) is 0 Å². The van der Waals surface area contributed by atoms with E-state index in [9.17, 15) is 16.8 Å². The van der Waals surface area contributed by atoms with Gasteiger partial charge in [-0.15, -0.1) is 0 Å². The highest BCUT2D eigenvalue weighted by Gasteiger charge is 2.25. The van der Waals surface area contributed by atoms with Crippen LogP contribution in [0.3, 0.4) is 0 Å². The fraction of sp³-hybridized carbons (Fsp3) is 1.00. The van der Waals surface area contributed by atoms with Crippen molar-refractivity contribution >= 4 is 20.6 Å². The van der Waals surface area contributed by atoms with Gasteiger partial charge >= 0.3 is 20.6 Å². The first-order chi connectivity index (χ1) is 7.16. The summed E-state index contributed by atoms with van der Waals surface area (Å²) in [5.74, 6) is 0. The molecule has 0 atom stereocenters. The molecule has 0 bridgehead atoms. The van der Waals surface area contributed by atoms with Gasteiger partial charge in [0.15, 0.2) is 0 Å². The van der Waals surface area contributed by atoms with E-state index in [1.54, 1.807) is 0 Å². The van der Waals surface area contributed by atoms with Gasteiger partial charge in [0.1, 0.15) is 0 Å². The Labute approximate surface area is 94.2 Å². The molecule has 0 saturated heterocycles. The number of rotatable bonds is 4. The minimum absolute atomic E-state index is 0.394. The minimum atomic E-state index is -4.21. The zero-order valence-corrected chi connectivity index (χ0v) is 9.96. The fourth-order valence-corrected chi connectivity index (χ4v) is 3.06. The second-order valence-electron chi connectivity index (χ2n) is 3.73. The molecule has 0 aliphatic heterocycles. The Morgan fingerprint density at radius 2 is 1.00 bits per heavy atom. The van der Waals surface area contributed by atoms with E-state index in [0.29, 0.717) is 25.7 Å². The van der Waals surface area contributed by atoms with Crippen LogP contribution in [0.2, 0.25) is 0 Å². The van der Waals surface area contributed by atoms with Crippen molar-refractivity contribution in [2.45, 2.75) is 37.8 Å². The molecule has 0 aromatic heterocycles. The lowest BCUT2D eigenvalue weighted by molar-refractivity contribution is 0.337. The molecule has 10 heteroatoms. The number of hydrogen-bond acceptors (Lipinski definition) is 4. The maximum absolute atomic E-state index is 10.5. The summed E-state index contributed by atoms with van der Waals surface area (Å²) in [5, 5.41) is 0. The molecule has 0 aromatic rings. The van der Waals surface area contributed by atoms with Crippen LogP contribution in [0, 0.1) is 0 Å². The summed E-state index contributed by atoms with van der Waals surface area (Å²) in [6, 6.07) is -0.788. The topological polar surface area (TPSA) is 133 Å². The molecule has 1 fully saturated rings. The fourth-order valence-electron chi connectivity index (χ4n) is 1.75. The Hall–Kier alpha value is -0.260. The summed E-state index contributed by atoms with van der Waals surface area (Å²) in [6.07, 6.45) is 1.58. The van der Waals surface area contributed by atoms with Gasteiger partial charge in [-0.05, 0) is 25.7 Å². The third-order valence-electron chi connectivity index (χ3n) is 2.36. The summed E-state index contributed by atoms with van der Waals surface area (Å²) in [7, 11) is -8.43. The minimum Gasteiger partial charge on any atom is -0.273 e. The molecule has 0 amide bonds. The van der Waals surface area contributed by atoms with E-state index in [4.69, 9.17) is 9.11 Å². The van der Waals surface area contributed by atoms with Gasteiger partial charge in [-0.3, -0.25) is 9.11 Å². The monoisotopic (exact) mass is 274 g/mol. The Morgan fingerprint density at radius 3 is 1.19 bits per heavy atom. The number of nitrogens with one attached hydrogen (secondary N) is 2. The van der Waals surface area contributed by atoms with Crippen LogP contribution in [0.4, 0.5) is 0 Å². The molecular formula is C6H14N2O6S2. The van der Waals surface area contributed by atoms with Gasteiger partial charge in [-0.25, -0.2) is 0 Å². The van der Waals surface area contributed by atoms with Gasteiger partial charge in [0, 0.05) is 12.1 Å². The van der Waals surface area contributed by atoms with Crippen molar-refractivity contribution in [1.29, 1.82) is 0 Å². The quantitative estimate of drug-likeness (QED) is 0.490. The smallest absolute Gasteiger partial charge is 0.273 e. The van der Waals surface area contributed by atoms with Crippen LogP contribution in [-0.4, -0.2) is 38.0 Å². The van der Waals surface area contributed by atoms with Crippen LogP contribution in [-0.2, 0) is 20.6 Å². The second kappa shape index (κ2) is 4.94. The van der Waals surface area contributed by atoms with E-state index in [1.165, 1.54) is 0 Å². The molecule has 1 saturated carbocycles. The molecule has 8 nitrogen and oxygen atoms in total. The van der Waals surface area contributed by atoms with Gasteiger partial charge in [0.25, 0.3) is 0 Å². The van der Waals surface area contributed by atoms with E-state index in [2.05, 4.69) is 0 Å². The van der Waals surface area contributed by atoms with Crippen LogP contribution in [0.25, 0.3) is 0 Å². The average Bonchev–Trinajstić information content (AvgIpc) is 2.03. The summed E-state index contributed by atoms with van der Waals surface area (Å²) in [4.78, 5) is 0. The molecule has 0 heterocycles. The zero-order chi connectivity index (χ0) is 12.4. The maximum atomic E-state index is 10.5. The van der Waals surface area contributed by atoms with Gasteiger partial charge in [-0.1, -0.05) is 0 Å². The lowest BCUT2D eigenvalue weighted by Gasteiger charge is -2.27. The van der Waals surface area contributed by atoms with Crippen LogP contribution < -0.4 is 9.44 Å². The lowest BCUT2D eigenvalue weighted by atomic mass is 9.92. The van der Waals surface area contributed by atoms with Gasteiger partial charge in [0.2, 0.25) is 0 Å². The van der Waals surface area contributed by atoms with Crippen molar-refractivity contribution in [3.05, 3.63) is 0 Å².